The van der Waals surface area contributed by atoms with Crippen LogP contribution in [0.4, 0.5) is 43.5 Å². The molecule has 9 aromatic heterocycles. The molecule has 2 aromatic carbocycles. The molecule has 682 valence electrons. The summed E-state index contributed by atoms with van der Waals surface area (Å²) in [6.07, 6.45) is 10.4. The van der Waals surface area contributed by atoms with E-state index < -0.39 is 61.4 Å². The van der Waals surface area contributed by atoms with E-state index in [-0.39, 0.29) is 150 Å². The second-order valence-corrected chi connectivity index (χ2v) is 31.1. The van der Waals surface area contributed by atoms with Gasteiger partial charge in [-0.2, -0.15) is 53.4 Å². The second-order valence-electron chi connectivity index (χ2n) is 25.2. The smallest absolute Gasteiger partial charge is 0.870 e. The average molecular weight is 1950 g/mol. The van der Waals surface area contributed by atoms with Gasteiger partial charge in [0.25, 0.3) is 5.91 Å². The van der Waals surface area contributed by atoms with Gasteiger partial charge in [0.2, 0.25) is 5.78 Å². The Morgan fingerprint density at radius 1 is 0.512 bits per heavy atom. The minimum absolute atomic E-state index is 0. The molecule has 1 amide bonds. The molecule has 0 saturated heterocycles. The van der Waals surface area contributed by atoms with E-state index in [0.717, 1.165) is 11.1 Å². The molecule has 11 aromatic rings. The van der Waals surface area contributed by atoms with Crippen molar-refractivity contribution in [3.63, 3.8) is 0 Å². The maximum atomic E-state index is 12.9. The van der Waals surface area contributed by atoms with Gasteiger partial charge in [0.1, 0.15) is 70.6 Å². The number of hydrogen-bond acceptors (Lipinski definition) is 29. The molecule has 0 bridgehead atoms. The number of amides is 1. The van der Waals surface area contributed by atoms with Crippen molar-refractivity contribution < 1.29 is 146 Å². The monoisotopic (exact) mass is 1950 g/mol. The number of nitrogens with zero attached hydrogens (tertiary/aromatic N) is 16. The van der Waals surface area contributed by atoms with Crippen molar-refractivity contribution in [1.29, 1.82) is 0 Å². The summed E-state index contributed by atoms with van der Waals surface area (Å²) in [6.45, 7) is 3.87. The Morgan fingerprint density at radius 3 is 1.24 bits per heavy atom. The Balaban J connectivity index is 0.000000325. The number of carbonyl (C=O) groups excluding carboxylic acids is 4. The van der Waals surface area contributed by atoms with E-state index in [1.54, 1.807) is 122 Å². The summed E-state index contributed by atoms with van der Waals surface area (Å²) >= 11 is 29.1. The second kappa shape index (κ2) is 50.5. The van der Waals surface area contributed by atoms with Gasteiger partial charge in [-0.3, -0.25) is 42.0 Å². The molecular weight excluding hydrogens is 1870 g/mol. The number of sulfonamides is 2. The number of hydrazone groups is 2. The van der Waals surface area contributed by atoms with Gasteiger partial charge in [-0.05, 0) is 97.8 Å². The minimum atomic E-state index is -5.48. The van der Waals surface area contributed by atoms with Crippen molar-refractivity contribution in [2.75, 3.05) is 90.7 Å². The van der Waals surface area contributed by atoms with Gasteiger partial charge in [-0.1, -0.05) is 82.3 Å². The van der Waals surface area contributed by atoms with Crippen LogP contribution in [0.15, 0.2) is 144 Å². The summed E-state index contributed by atoms with van der Waals surface area (Å²) in [4.78, 5) is 92.7. The number of nitrogens with two attached hydrogens (primary N) is 2. The van der Waals surface area contributed by atoms with Gasteiger partial charge >= 0.3 is 78.5 Å². The van der Waals surface area contributed by atoms with Crippen molar-refractivity contribution >= 4 is 178 Å². The summed E-state index contributed by atoms with van der Waals surface area (Å²) in [7, 11) is -3.42. The summed E-state index contributed by atoms with van der Waals surface area (Å²) in [6, 6.07) is 27.1. The van der Waals surface area contributed by atoms with Crippen LogP contribution in [0.5, 0.6) is 0 Å². The number of esters is 1. The third-order valence-corrected chi connectivity index (χ3v) is 20.3. The first-order chi connectivity index (χ1) is 58.6. The number of carboxylic acid groups (broad SMARTS) is 2. The fourth-order valence-corrected chi connectivity index (χ4v) is 13.1. The molecule has 2 aliphatic heterocycles. The maximum absolute atomic E-state index is 12.9. The van der Waals surface area contributed by atoms with Crippen molar-refractivity contribution in [3.8, 4) is 0 Å². The number of halogens is 12. The van der Waals surface area contributed by atoms with Crippen LogP contribution in [-0.2, 0) is 97.6 Å². The SMILES string of the molecule is CCOC(=O)c1c(COC)nc2ccc(Cl)cn12.COCC(=O)CC(C)=O.COCc1nc2ccc(Cl)cn2c1C(=O)O.COCc1nc2ccc(Cl)cn2c1C(=O)O.COCc1nc2ncc(Cl)cn2c1C(=O)NCc1ccc(N2CCN(S(=O)(=O)C(F)(F)F)C=N2)cc1.Cl.NCc1ccc(N2CCN(S(=O)(=O)C(F)(F)F)C=N2)cc1.Nc1ccc(Cl)cn1.[Na+].[OH-]. The van der Waals surface area contributed by atoms with Crippen molar-refractivity contribution in [2.45, 2.75) is 70.8 Å². The number of nitrogens with one attached hydrogen (secondary N) is 1. The van der Waals surface area contributed by atoms with Crippen molar-refractivity contribution in [1.82, 2.24) is 61.4 Å². The van der Waals surface area contributed by atoms with Crippen LogP contribution in [0.2, 0.25) is 25.1 Å². The van der Waals surface area contributed by atoms with E-state index in [2.05, 4.69) is 50.2 Å². The summed E-state index contributed by atoms with van der Waals surface area (Å²) in [5, 5.41) is 33.7. The number of carbonyl (C=O) groups is 6. The predicted octanol–water partition coefficient (Wildman–Crippen LogP) is 8.16. The summed E-state index contributed by atoms with van der Waals surface area (Å²) in [5.41, 5.74) is 6.98. The first kappa shape index (κ1) is 109. The number of alkyl halides is 6. The van der Waals surface area contributed by atoms with Crippen LogP contribution in [0.3, 0.4) is 0 Å². The number of carboxylic acids is 2. The van der Waals surface area contributed by atoms with Gasteiger partial charge in [0.15, 0.2) is 22.9 Å². The molecule has 0 radical (unpaired) electrons. The number of pyridine rings is 4. The molecule has 0 saturated carbocycles. The number of imidazole rings is 4. The van der Waals surface area contributed by atoms with E-state index >= 15 is 0 Å². The largest absolute Gasteiger partial charge is 1.00 e. The van der Waals surface area contributed by atoms with Crippen LogP contribution in [0.25, 0.3) is 22.7 Å². The van der Waals surface area contributed by atoms with Crippen molar-refractivity contribution in [2.24, 2.45) is 15.9 Å². The van der Waals surface area contributed by atoms with Gasteiger partial charge in [0.05, 0.1) is 114 Å². The number of benzene rings is 2. The Bertz CT molecular complexity index is 5750. The van der Waals surface area contributed by atoms with Gasteiger partial charge in [0, 0.05) is 79.6 Å². The molecule has 8 N–H and O–H groups in total. The Morgan fingerprint density at radius 2 is 0.898 bits per heavy atom. The number of ketones is 2. The number of rotatable bonds is 24. The molecule has 53 heteroatoms. The van der Waals surface area contributed by atoms with E-state index in [9.17, 15) is 71.9 Å². The molecule has 0 fully saturated rings. The minimum Gasteiger partial charge on any atom is -0.870 e. The van der Waals surface area contributed by atoms with E-state index in [4.69, 9.17) is 103 Å². The summed E-state index contributed by atoms with van der Waals surface area (Å²) in [5.74, 6) is -2.45. The number of fused-ring (bicyclic) bond motifs is 4. The number of Topliss-reactive ketones (excluding diaryl/α,β-unsaturated/α-hetero) is 2. The number of anilines is 3. The zero-order chi connectivity index (χ0) is 91.6. The number of aromatic nitrogens is 10. The fraction of sp³-hybridized carbons (Fsp3) is 0.297. The molecular formula is C74H80Cl6F6N19NaO19S2. The molecule has 0 aliphatic carbocycles. The molecule has 13 rings (SSSR count). The van der Waals surface area contributed by atoms with E-state index in [1.807, 2.05) is 0 Å². The van der Waals surface area contributed by atoms with Gasteiger partial charge in [-0.15, -0.1) is 12.4 Å². The van der Waals surface area contributed by atoms with Crippen LogP contribution in [-0.4, -0.2) is 223 Å². The third-order valence-electron chi connectivity index (χ3n) is 16.3. The number of aromatic carboxylic acids is 2. The molecule has 0 spiro atoms. The number of nitrogen functional groups attached to an aromatic ring is 1. The Labute approximate surface area is 773 Å². The predicted molar refractivity (Wildman–Crippen MR) is 453 cm³/mol. The Kier molecular flexibility index (Phi) is 43.4. The standard InChI is InChI=1S/C20H19ClF3N7O4S.C12H13ClN2O3.C11H13F3N4O2S.2C10H9ClN2O3.C6H10O3.C5H5ClN2.ClH.Na.H2O/c1-35-11-16-17(30-10-14(21)9-26-19(30)28-16)18(32)25-8-13-2-4-15(5-3-13)31-7-6-29(12-27-31)36(33,34)20(22,23)24;1-3-18-12(16)11-9(7-17-2)14-10-5-4-8(13)6-15(10)11;12-11(13,14)21(19,20)17-5-6-18(16-8-17)10-3-1-9(7-15)2-4-10;2*1-16-5-7-9(10(14)15)13-4-6(11)2-3-8(13)12-7;1-5(7)3-6(8)4-9-2;6-4-1-2-5(7)8-3-4;;;/h2-5,9-10,12H,6-8,11H2,1H3,(H,25,32);4-6H,3,7H2,1-2H3;1-4,8H,5-7,15H2;2*2-4H,5H2,1H3,(H,14,15);3-4H2,1-2H3;1-3H,(H2,7,8);1H;;1H2/q;;;;;;;;+1;/p-1. The topological polar surface area (TPSA) is 493 Å². The van der Waals surface area contributed by atoms with Gasteiger partial charge < -0.3 is 60.9 Å². The maximum Gasteiger partial charge on any atom is 1.00 e. The molecule has 2 aliphatic rings. The third kappa shape index (κ3) is 30.2. The molecule has 0 unspecified atom stereocenters. The van der Waals surface area contributed by atoms with Crippen molar-refractivity contribution in [3.05, 3.63) is 216 Å². The Hall–Kier alpha value is -10.2. The molecule has 0 atom stereocenters. The van der Waals surface area contributed by atoms with Crippen LogP contribution < -0.4 is 56.4 Å². The first-order valence-corrected chi connectivity index (χ1v) is 40.4. The van der Waals surface area contributed by atoms with E-state index in [1.165, 1.54) is 89.6 Å². The number of methoxy groups -OCH3 is 5. The zero-order valence-electron chi connectivity index (χ0n) is 68.1. The van der Waals surface area contributed by atoms with E-state index in [0.29, 0.717) is 119 Å². The fourth-order valence-electron chi connectivity index (χ4n) is 10.8. The number of ether oxygens (including phenoxy) is 6. The molecule has 11 heterocycles. The number of hydrogen-bond donors (Lipinski definition) is 5. The van der Waals surface area contributed by atoms with Crippen LogP contribution in [0, 0.1) is 0 Å². The van der Waals surface area contributed by atoms with Gasteiger partial charge in [-0.25, -0.2) is 52.9 Å². The van der Waals surface area contributed by atoms with Crippen LogP contribution >= 0.6 is 70.4 Å². The van der Waals surface area contributed by atoms with Crippen LogP contribution in [0.1, 0.15) is 96.1 Å². The normalized spacial score (nSPS) is 12.3. The average Bonchev–Trinajstić information content (AvgIpc) is 1.77. The molecule has 38 nitrogen and oxygen atoms in total. The quantitative estimate of drug-likeness (QED) is 0.0165. The zero-order valence-corrected chi connectivity index (χ0v) is 76.3. The molecule has 127 heavy (non-hydrogen) atoms. The summed E-state index contributed by atoms with van der Waals surface area (Å²) < 4.78 is 157. The first-order valence-electron chi connectivity index (χ1n) is 35.6.